The summed E-state index contributed by atoms with van der Waals surface area (Å²) in [5.41, 5.74) is 1.13. The third kappa shape index (κ3) is 2.83. The Morgan fingerprint density at radius 1 is 1.44 bits per heavy atom. The third-order valence-corrected chi connectivity index (χ3v) is 5.27. The lowest BCUT2D eigenvalue weighted by molar-refractivity contribution is 0.879. The molecule has 1 atom stereocenters. The van der Waals surface area contributed by atoms with Gasteiger partial charge in [-0.15, -0.1) is 11.8 Å². The van der Waals surface area contributed by atoms with Crippen molar-refractivity contribution in [2.75, 3.05) is 29.6 Å². The van der Waals surface area contributed by atoms with Crippen molar-refractivity contribution in [1.82, 2.24) is 9.97 Å². The quantitative estimate of drug-likeness (QED) is 0.898. The smallest absolute Gasteiger partial charge is 0.144 e. The molecule has 0 aliphatic carbocycles. The molecule has 1 fully saturated rings. The van der Waals surface area contributed by atoms with Crippen LogP contribution in [0.25, 0.3) is 0 Å². The molecule has 0 amide bonds. The van der Waals surface area contributed by atoms with E-state index >= 15 is 0 Å². The number of rotatable bonds is 3. The van der Waals surface area contributed by atoms with E-state index in [9.17, 15) is 0 Å². The summed E-state index contributed by atoms with van der Waals surface area (Å²) in [6.45, 7) is 2.13. The van der Waals surface area contributed by atoms with Crippen LogP contribution in [0.2, 0.25) is 0 Å². The first-order valence-electron chi connectivity index (χ1n) is 5.58. The van der Waals surface area contributed by atoms with Crippen LogP contribution >= 0.6 is 23.5 Å². The molecule has 0 radical (unpaired) electrons. The van der Waals surface area contributed by atoms with E-state index in [1.165, 1.54) is 11.5 Å². The van der Waals surface area contributed by atoms with Gasteiger partial charge in [0.05, 0.1) is 5.25 Å². The normalized spacial score (nSPS) is 20.8. The number of thioether (sulfide) groups is 2. The van der Waals surface area contributed by atoms with Crippen molar-refractivity contribution in [1.29, 1.82) is 0 Å². The minimum atomic E-state index is 0.470. The maximum Gasteiger partial charge on any atom is 0.144 e. The van der Waals surface area contributed by atoms with Crippen LogP contribution in [-0.2, 0) is 6.42 Å². The minimum absolute atomic E-state index is 0.470. The van der Waals surface area contributed by atoms with Crippen LogP contribution < -0.4 is 5.32 Å². The zero-order valence-electron chi connectivity index (χ0n) is 9.69. The minimum Gasteiger partial charge on any atom is -0.373 e. The van der Waals surface area contributed by atoms with Gasteiger partial charge in [0.1, 0.15) is 11.6 Å². The number of aromatic nitrogens is 2. The molecule has 0 spiro atoms. The molecule has 1 N–H and O–H groups in total. The summed E-state index contributed by atoms with van der Waals surface area (Å²) in [5, 5.41) is 3.58. The van der Waals surface area contributed by atoms with Crippen LogP contribution in [-0.4, -0.2) is 34.3 Å². The van der Waals surface area contributed by atoms with Gasteiger partial charge in [0.2, 0.25) is 0 Å². The number of anilines is 1. The van der Waals surface area contributed by atoms with Crippen molar-refractivity contribution in [2.24, 2.45) is 0 Å². The summed E-state index contributed by atoms with van der Waals surface area (Å²) in [6, 6.07) is 2.03. The Hall–Kier alpha value is -0.420. The van der Waals surface area contributed by atoms with Crippen molar-refractivity contribution in [2.45, 2.75) is 18.6 Å². The molecule has 1 aliphatic rings. The van der Waals surface area contributed by atoms with Gasteiger partial charge in [0, 0.05) is 36.1 Å². The van der Waals surface area contributed by atoms with Crippen molar-refractivity contribution in [3.8, 4) is 0 Å². The topological polar surface area (TPSA) is 37.8 Å². The first-order chi connectivity index (χ1) is 7.83. The van der Waals surface area contributed by atoms with E-state index in [0.29, 0.717) is 5.25 Å². The second kappa shape index (κ2) is 5.77. The lowest BCUT2D eigenvalue weighted by Gasteiger charge is -2.20. The zero-order valence-corrected chi connectivity index (χ0v) is 11.3. The van der Waals surface area contributed by atoms with Crippen LogP contribution in [0.1, 0.15) is 23.7 Å². The van der Waals surface area contributed by atoms with E-state index in [1.807, 2.05) is 36.6 Å². The summed E-state index contributed by atoms with van der Waals surface area (Å²) >= 11 is 3.98. The highest BCUT2D eigenvalue weighted by atomic mass is 32.2. The molecular weight excluding hydrogens is 238 g/mol. The molecule has 1 aliphatic heterocycles. The van der Waals surface area contributed by atoms with Gasteiger partial charge in [-0.1, -0.05) is 6.92 Å². The van der Waals surface area contributed by atoms with E-state index in [4.69, 9.17) is 0 Å². The molecule has 2 rings (SSSR count). The van der Waals surface area contributed by atoms with E-state index in [-0.39, 0.29) is 0 Å². The predicted octanol–water partition coefficient (Wildman–Crippen LogP) is 2.60. The Labute approximate surface area is 105 Å². The molecule has 3 nitrogen and oxygen atoms in total. The maximum absolute atomic E-state index is 4.64. The molecule has 0 aromatic carbocycles. The van der Waals surface area contributed by atoms with Gasteiger partial charge in [0.25, 0.3) is 0 Å². The van der Waals surface area contributed by atoms with E-state index in [1.54, 1.807) is 0 Å². The van der Waals surface area contributed by atoms with E-state index in [2.05, 4.69) is 22.2 Å². The van der Waals surface area contributed by atoms with Crippen molar-refractivity contribution < 1.29 is 0 Å². The molecule has 1 saturated heterocycles. The average molecular weight is 255 g/mol. The van der Waals surface area contributed by atoms with Crippen LogP contribution in [0.4, 0.5) is 5.82 Å². The molecular formula is C11H17N3S2. The molecule has 1 unspecified atom stereocenters. The Balaban J connectivity index is 2.24. The summed E-state index contributed by atoms with van der Waals surface area (Å²) in [7, 11) is 1.91. The van der Waals surface area contributed by atoms with Gasteiger partial charge in [-0.05, 0) is 6.42 Å². The van der Waals surface area contributed by atoms with Gasteiger partial charge in [0.15, 0.2) is 0 Å². The fraction of sp³-hybridized carbons (Fsp3) is 0.636. The Bertz CT molecular complexity index is 329. The lowest BCUT2D eigenvalue weighted by Crippen LogP contribution is -2.12. The molecule has 1 aromatic heterocycles. The fourth-order valence-electron chi connectivity index (χ4n) is 1.61. The van der Waals surface area contributed by atoms with Gasteiger partial charge in [-0.25, -0.2) is 9.97 Å². The zero-order chi connectivity index (χ0) is 11.4. The van der Waals surface area contributed by atoms with Gasteiger partial charge in [-0.2, -0.15) is 11.8 Å². The highest BCUT2D eigenvalue weighted by molar-refractivity contribution is 8.06. The van der Waals surface area contributed by atoms with E-state index < -0.39 is 0 Å². The number of hydrogen-bond donors (Lipinski definition) is 1. The molecule has 1 aromatic rings. The maximum atomic E-state index is 4.64. The van der Waals surface area contributed by atoms with E-state index in [0.717, 1.165) is 29.5 Å². The first-order valence-corrected chi connectivity index (χ1v) is 7.78. The van der Waals surface area contributed by atoms with Crippen LogP contribution in [0.3, 0.4) is 0 Å². The van der Waals surface area contributed by atoms with Crippen LogP contribution in [0, 0.1) is 0 Å². The highest BCUT2D eigenvalue weighted by Gasteiger charge is 2.20. The molecule has 0 bridgehead atoms. The summed E-state index contributed by atoms with van der Waals surface area (Å²) in [5.74, 6) is 5.55. The van der Waals surface area contributed by atoms with Crippen LogP contribution in [0.15, 0.2) is 6.07 Å². The van der Waals surface area contributed by atoms with Gasteiger partial charge < -0.3 is 5.32 Å². The van der Waals surface area contributed by atoms with Gasteiger partial charge >= 0.3 is 0 Å². The predicted molar refractivity (Wildman–Crippen MR) is 73.5 cm³/mol. The largest absolute Gasteiger partial charge is 0.373 e. The summed E-state index contributed by atoms with van der Waals surface area (Å²) in [4.78, 5) is 9.21. The molecule has 2 heterocycles. The SMILES string of the molecule is CCc1cc(NC)nc(C2CSCCS2)n1. The Kier molecular flexibility index (Phi) is 4.35. The fourth-order valence-corrected chi connectivity index (χ4v) is 4.21. The molecule has 5 heteroatoms. The second-order valence-corrected chi connectivity index (χ2v) is 6.10. The Morgan fingerprint density at radius 2 is 2.31 bits per heavy atom. The van der Waals surface area contributed by atoms with Crippen molar-refractivity contribution >= 4 is 29.3 Å². The number of nitrogens with zero attached hydrogens (tertiary/aromatic N) is 2. The van der Waals surface area contributed by atoms with Crippen molar-refractivity contribution in [3.63, 3.8) is 0 Å². The van der Waals surface area contributed by atoms with Crippen molar-refractivity contribution in [3.05, 3.63) is 17.6 Å². The first kappa shape index (κ1) is 12.0. The standard InChI is InChI=1S/C11H17N3S2/c1-3-8-6-10(12-2)14-11(13-8)9-7-15-4-5-16-9/h6,9H,3-5,7H2,1-2H3,(H,12,13,14). The molecule has 88 valence electrons. The average Bonchev–Trinajstić information content (AvgIpc) is 2.39. The van der Waals surface area contributed by atoms with Gasteiger partial charge in [-0.3, -0.25) is 0 Å². The number of aryl methyl sites for hydroxylation is 1. The van der Waals surface area contributed by atoms with Crippen LogP contribution in [0.5, 0.6) is 0 Å². The lowest BCUT2D eigenvalue weighted by atomic mass is 10.3. The number of nitrogens with one attached hydrogen (secondary N) is 1. The monoisotopic (exact) mass is 255 g/mol. The highest BCUT2D eigenvalue weighted by Crippen LogP contribution is 2.35. The molecule has 16 heavy (non-hydrogen) atoms. The third-order valence-electron chi connectivity index (χ3n) is 2.52. The summed E-state index contributed by atoms with van der Waals surface area (Å²) < 4.78 is 0. The number of hydrogen-bond acceptors (Lipinski definition) is 5. The Morgan fingerprint density at radius 3 is 2.94 bits per heavy atom. The second-order valence-electron chi connectivity index (χ2n) is 3.64. The summed E-state index contributed by atoms with van der Waals surface area (Å²) in [6.07, 6.45) is 0.967. The molecule has 0 saturated carbocycles.